The zero-order valence-corrected chi connectivity index (χ0v) is 12.5. The van der Waals surface area contributed by atoms with Gasteiger partial charge in [0.25, 0.3) is 5.91 Å². The lowest BCUT2D eigenvalue weighted by Crippen LogP contribution is -2.26. The highest BCUT2D eigenvalue weighted by Gasteiger charge is 2.15. The normalized spacial score (nSPS) is 10.8. The van der Waals surface area contributed by atoms with Crippen molar-refractivity contribution in [1.29, 1.82) is 0 Å². The van der Waals surface area contributed by atoms with Crippen LogP contribution in [0, 0.1) is 6.92 Å². The lowest BCUT2D eigenvalue weighted by Gasteiger charge is -2.17. The largest absolute Gasteiger partial charge is 0.337 e. The molecule has 4 nitrogen and oxygen atoms in total. The highest BCUT2D eigenvalue weighted by Crippen LogP contribution is 2.16. The van der Waals surface area contributed by atoms with E-state index in [4.69, 9.17) is 0 Å². The van der Waals surface area contributed by atoms with Gasteiger partial charge in [-0.25, -0.2) is 0 Å². The second-order valence-corrected chi connectivity index (χ2v) is 5.47. The van der Waals surface area contributed by atoms with Gasteiger partial charge in [0, 0.05) is 19.3 Å². The molecule has 0 aliphatic heterocycles. The number of hydrogen-bond donors (Lipinski definition) is 1. The molecule has 20 heavy (non-hydrogen) atoms. The van der Waals surface area contributed by atoms with E-state index in [0.29, 0.717) is 18.0 Å². The zero-order valence-electron chi connectivity index (χ0n) is 12.5. The van der Waals surface area contributed by atoms with Crippen molar-refractivity contribution in [2.45, 2.75) is 33.2 Å². The van der Waals surface area contributed by atoms with Crippen LogP contribution in [0.1, 0.15) is 46.9 Å². The monoisotopic (exact) mass is 271 g/mol. The van der Waals surface area contributed by atoms with E-state index in [1.165, 1.54) is 5.56 Å². The van der Waals surface area contributed by atoms with Crippen LogP contribution in [0.15, 0.2) is 30.5 Å². The number of carbonyl (C=O) groups is 1. The highest BCUT2D eigenvalue weighted by molar-refractivity contribution is 5.94. The molecule has 0 atom stereocenters. The topological polar surface area (TPSA) is 49.0 Å². The van der Waals surface area contributed by atoms with Crippen LogP contribution in [-0.4, -0.2) is 28.1 Å². The molecule has 0 spiro atoms. The Labute approximate surface area is 119 Å². The number of aromatic amines is 1. The van der Waals surface area contributed by atoms with E-state index in [1.807, 2.05) is 14.0 Å². The molecule has 1 amide bonds. The molecule has 0 saturated carbocycles. The molecule has 106 valence electrons. The van der Waals surface area contributed by atoms with Crippen molar-refractivity contribution in [3.05, 3.63) is 52.8 Å². The summed E-state index contributed by atoms with van der Waals surface area (Å²) in [7, 11) is 1.81. The number of amides is 1. The molecule has 1 N–H and O–H groups in total. The lowest BCUT2D eigenvalue weighted by atomic mass is 10.0. The number of hydrogen-bond acceptors (Lipinski definition) is 2. The summed E-state index contributed by atoms with van der Waals surface area (Å²) < 4.78 is 0. The van der Waals surface area contributed by atoms with Gasteiger partial charge in [0.2, 0.25) is 0 Å². The van der Waals surface area contributed by atoms with Crippen LogP contribution in [0.4, 0.5) is 0 Å². The van der Waals surface area contributed by atoms with Crippen LogP contribution in [-0.2, 0) is 6.54 Å². The molecule has 0 unspecified atom stereocenters. The van der Waals surface area contributed by atoms with Crippen LogP contribution in [0.5, 0.6) is 0 Å². The second-order valence-electron chi connectivity index (χ2n) is 5.47. The van der Waals surface area contributed by atoms with Gasteiger partial charge in [-0.1, -0.05) is 38.1 Å². The number of rotatable bonds is 4. The maximum Gasteiger partial charge on any atom is 0.257 e. The third kappa shape index (κ3) is 3.07. The van der Waals surface area contributed by atoms with Gasteiger partial charge < -0.3 is 4.90 Å². The van der Waals surface area contributed by atoms with Gasteiger partial charge in [-0.2, -0.15) is 5.10 Å². The van der Waals surface area contributed by atoms with Gasteiger partial charge >= 0.3 is 0 Å². The standard InChI is InChI=1S/C16H21N3O/c1-11(2)14-7-5-13(6-8-14)10-19(4)16(20)15-9-17-18-12(15)3/h5-9,11H,10H2,1-4H3,(H,17,18). The van der Waals surface area contributed by atoms with Gasteiger partial charge in [-0.15, -0.1) is 0 Å². The molecule has 2 aromatic rings. The number of aryl methyl sites for hydroxylation is 1. The molecular weight excluding hydrogens is 250 g/mol. The summed E-state index contributed by atoms with van der Waals surface area (Å²) in [6.45, 7) is 6.80. The Hall–Kier alpha value is -2.10. The number of aromatic nitrogens is 2. The number of benzene rings is 1. The fourth-order valence-corrected chi connectivity index (χ4v) is 2.13. The molecule has 0 aliphatic rings. The molecule has 2 rings (SSSR count). The number of nitrogens with zero attached hydrogens (tertiary/aromatic N) is 2. The van der Waals surface area contributed by atoms with Crippen LogP contribution in [0.2, 0.25) is 0 Å². The summed E-state index contributed by atoms with van der Waals surface area (Å²) >= 11 is 0. The van der Waals surface area contributed by atoms with Crippen molar-refractivity contribution >= 4 is 5.91 Å². The quantitative estimate of drug-likeness (QED) is 0.928. The fourth-order valence-electron chi connectivity index (χ4n) is 2.13. The van der Waals surface area contributed by atoms with Crippen molar-refractivity contribution in [3.8, 4) is 0 Å². The van der Waals surface area contributed by atoms with Crippen LogP contribution >= 0.6 is 0 Å². The van der Waals surface area contributed by atoms with Gasteiger partial charge in [-0.05, 0) is 24.0 Å². The molecular formula is C16H21N3O. The summed E-state index contributed by atoms with van der Waals surface area (Å²) in [6.07, 6.45) is 1.58. The number of H-pyrrole nitrogens is 1. The molecule has 4 heteroatoms. The first-order valence-electron chi connectivity index (χ1n) is 6.83. The first-order valence-corrected chi connectivity index (χ1v) is 6.83. The van der Waals surface area contributed by atoms with Gasteiger partial charge in [0.15, 0.2) is 0 Å². The Morgan fingerprint density at radius 1 is 1.30 bits per heavy atom. The van der Waals surface area contributed by atoms with E-state index in [9.17, 15) is 4.79 Å². The van der Waals surface area contributed by atoms with E-state index in [0.717, 1.165) is 11.3 Å². The fraction of sp³-hybridized carbons (Fsp3) is 0.375. The van der Waals surface area contributed by atoms with Crippen LogP contribution in [0.3, 0.4) is 0 Å². The molecule has 1 heterocycles. The SMILES string of the molecule is Cc1[nH]ncc1C(=O)N(C)Cc1ccc(C(C)C)cc1. The molecule has 0 bridgehead atoms. The molecule has 1 aromatic heterocycles. The highest BCUT2D eigenvalue weighted by atomic mass is 16.2. The van der Waals surface area contributed by atoms with E-state index in [2.05, 4.69) is 48.3 Å². The van der Waals surface area contributed by atoms with Crippen LogP contribution in [0.25, 0.3) is 0 Å². The molecule has 0 radical (unpaired) electrons. The van der Waals surface area contributed by atoms with Crippen molar-refractivity contribution in [1.82, 2.24) is 15.1 Å². The van der Waals surface area contributed by atoms with Crippen molar-refractivity contribution in [2.24, 2.45) is 0 Å². The van der Waals surface area contributed by atoms with E-state index in [-0.39, 0.29) is 5.91 Å². The van der Waals surface area contributed by atoms with Gasteiger partial charge in [-0.3, -0.25) is 9.89 Å². The summed E-state index contributed by atoms with van der Waals surface area (Å²) in [5, 5.41) is 6.68. The molecule has 0 saturated heterocycles. The first-order chi connectivity index (χ1) is 9.49. The predicted octanol–water partition coefficient (Wildman–Crippen LogP) is 3.11. The minimum Gasteiger partial charge on any atom is -0.337 e. The van der Waals surface area contributed by atoms with E-state index < -0.39 is 0 Å². The average molecular weight is 271 g/mol. The van der Waals surface area contributed by atoms with Crippen LogP contribution < -0.4 is 0 Å². The Kier molecular flexibility index (Phi) is 4.23. The second kappa shape index (κ2) is 5.90. The minimum absolute atomic E-state index is 0.0100. The minimum atomic E-state index is -0.0100. The van der Waals surface area contributed by atoms with Crippen molar-refractivity contribution < 1.29 is 4.79 Å². The van der Waals surface area contributed by atoms with Crippen molar-refractivity contribution in [3.63, 3.8) is 0 Å². The zero-order chi connectivity index (χ0) is 14.7. The Bertz CT molecular complexity index is 584. The number of nitrogens with one attached hydrogen (secondary N) is 1. The Morgan fingerprint density at radius 3 is 2.45 bits per heavy atom. The Balaban J connectivity index is 2.06. The van der Waals surface area contributed by atoms with E-state index in [1.54, 1.807) is 11.1 Å². The number of carbonyl (C=O) groups excluding carboxylic acids is 1. The summed E-state index contributed by atoms with van der Waals surface area (Å²) in [5.41, 5.74) is 3.88. The third-order valence-electron chi connectivity index (χ3n) is 3.47. The first kappa shape index (κ1) is 14.3. The third-order valence-corrected chi connectivity index (χ3v) is 3.47. The van der Waals surface area contributed by atoms with E-state index >= 15 is 0 Å². The smallest absolute Gasteiger partial charge is 0.257 e. The Morgan fingerprint density at radius 2 is 1.95 bits per heavy atom. The maximum atomic E-state index is 12.3. The van der Waals surface area contributed by atoms with Crippen molar-refractivity contribution in [2.75, 3.05) is 7.05 Å². The molecule has 0 fully saturated rings. The average Bonchev–Trinajstić information content (AvgIpc) is 2.84. The molecule has 1 aromatic carbocycles. The van der Waals surface area contributed by atoms with Gasteiger partial charge in [0.1, 0.15) is 0 Å². The summed E-state index contributed by atoms with van der Waals surface area (Å²) in [6, 6.07) is 8.42. The predicted molar refractivity (Wildman–Crippen MR) is 79.7 cm³/mol. The lowest BCUT2D eigenvalue weighted by molar-refractivity contribution is 0.0784. The summed E-state index contributed by atoms with van der Waals surface area (Å²) in [4.78, 5) is 14.0. The summed E-state index contributed by atoms with van der Waals surface area (Å²) in [5.74, 6) is 0.515. The maximum absolute atomic E-state index is 12.3. The van der Waals surface area contributed by atoms with Gasteiger partial charge in [0.05, 0.1) is 11.8 Å². The molecule has 0 aliphatic carbocycles.